The van der Waals surface area contributed by atoms with Gasteiger partial charge in [0.25, 0.3) is 0 Å². The maximum atomic E-state index is 12.3. The van der Waals surface area contributed by atoms with Crippen molar-refractivity contribution in [3.63, 3.8) is 0 Å². The number of hydrogen-bond acceptors (Lipinski definition) is 5. The zero-order valence-corrected chi connectivity index (χ0v) is 19.0. The summed E-state index contributed by atoms with van der Waals surface area (Å²) in [6.07, 6.45) is 1.08. The molecule has 0 bridgehead atoms. The molecule has 8 heteroatoms. The lowest BCUT2D eigenvalue weighted by atomic mass is 10.1. The second kappa shape index (κ2) is 10.4. The van der Waals surface area contributed by atoms with Crippen LogP contribution in [0.25, 0.3) is 0 Å². The van der Waals surface area contributed by atoms with Crippen LogP contribution in [0.5, 0.6) is 0 Å². The first-order chi connectivity index (χ1) is 14.7. The Bertz CT molecular complexity index is 979. The van der Waals surface area contributed by atoms with Gasteiger partial charge in [-0.3, -0.25) is 14.6 Å². The Morgan fingerprint density at radius 3 is 2.42 bits per heavy atom. The van der Waals surface area contributed by atoms with Gasteiger partial charge in [0.2, 0.25) is 10.0 Å². The molecule has 168 valence electrons. The smallest absolute Gasteiger partial charge is 0.322 e. The zero-order valence-electron chi connectivity index (χ0n) is 18.1. The average Bonchev–Trinajstić information content (AvgIpc) is 3.01. The molecule has 2 aromatic rings. The van der Waals surface area contributed by atoms with Crippen molar-refractivity contribution in [2.24, 2.45) is 0 Å². The van der Waals surface area contributed by atoms with Gasteiger partial charge in [-0.25, -0.2) is 8.42 Å². The summed E-state index contributed by atoms with van der Waals surface area (Å²) in [6.45, 7) is 2.52. The first kappa shape index (κ1) is 23.4. The van der Waals surface area contributed by atoms with E-state index in [1.165, 1.54) is 5.56 Å². The lowest BCUT2D eigenvalue weighted by Crippen LogP contribution is -2.38. The molecule has 1 N–H and O–H groups in total. The maximum Gasteiger partial charge on any atom is 0.322 e. The van der Waals surface area contributed by atoms with Crippen LogP contribution in [0.3, 0.4) is 0 Å². The van der Waals surface area contributed by atoms with Gasteiger partial charge < -0.3 is 5.11 Å². The Morgan fingerprint density at radius 1 is 1.06 bits per heavy atom. The molecule has 0 amide bonds. The fraction of sp³-hybridized carbons (Fsp3) is 0.435. The lowest BCUT2D eigenvalue weighted by Gasteiger charge is -2.26. The van der Waals surface area contributed by atoms with E-state index in [1.54, 1.807) is 0 Å². The van der Waals surface area contributed by atoms with E-state index in [0.717, 1.165) is 41.6 Å². The van der Waals surface area contributed by atoms with Crippen molar-refractivity contribution < 1.29 is 18.3 Å². The third-order valence-electron chi connectivity index (χ3n) is 5.42. The number of rotatable bonds is 10. The minimum Gasteiger partial charge on any atom is -0.480 e. The van der Waals surface area contributed by atoms with Crippen molar-refractivity contribution in [1.29, 1.82) is 0 Å². The van der Waals surface area contributed by atoms with Crippen LogP contribution in [-0.4, -0.2) is 72.7 Å². The van der Waals surface area contributed by atoms with Gasteiger partial charge in [0, 0.05) is 19.6 Å². The number of sulfonamides is 1. The zero-order chi connectivity index (χ0) is 22.4. The van der Waals surface area contributed by atoms with E-state index in [0.29, 0.717) is 0 Å². The average molecular weight is 446 g/mol. The van der Waals surface area contributed by atoms with Crippen LogP contribution < -0.4 is 0 Å². The summed E-state index contributed by atoms with van der Waals surface area (Å²) in [5.74, 6) is -1.20. The highest BCUT2D eigenvalue weighted by molar-refractivity contribution is 7.89. The predicted molar refractivity (Wildman–Crippen MR) is 121 cm³/mol. The highest BCUT2D eigenvalue weighted by Gasteiger charge is 2.41. The molecule has 31 heavy (non-hydrogen) atoms. The number of benzene rings is 2. The summed E-state index contributed by atoms with van der Waals surface area (Å²) in [5.41, 5.74) is 3.18. The van der Waals surface area contributed by atoms with Gasteiger partial charge in [-0.15, -0.1) is 0 Å². The van der Waals surface area contributed by atoms with Crippen molar-refractivity contribution in [3.05, 3.63) is 71.3 Å². The van der Waals surface area contributed by atoms with Crippen molar-refractivity contribution in [2.45, 2.75) is 32.0 Å². The second-order valence-corrected chi connectivity index (χ2v) is 10.4. The van der Waals surface area contributed by atoms with Crippen LogP contribution in [0.2, 0.25) is 0 Å². The molecule has 7 nitrogen and oxygen atoms in total. The lowest BCUT2D eigenvalue weighted by molar-refractivity contribution is -0.141. The molecular weight excluding hydrogens is 414 g/mol. The predicted octanol–water partition coefficient (Wildman–Crippen LogP) is 2.24. The van der Waals surface area contributed by atoms with Crippen LogP contribution in [0.15, 0.2) is 54.6 Å². The third-order valence-corrected chi connectivity index (χ3v) is 7.27. The van der Waals surface area contributed by atoms with E-state index in [4.69, 9.17) is 0 Å². The Morgan fingerprint density at radius 2 is 1.74 bits per heavy atom. The number of nitrogens with zero attached hydrogens (tertiary/aromatic N) is 3. The fourth-order valence-electron chi connectivity index (χ4n) is 3.97. The van der Waals surface area contributed by atoms with E-state index in [1.807, 2.05) is 56.6 Å². The molecule has 1 fully saturated rings. The van der Waals surface area contributed by atoms with Crippen molar-refractivity contribution in [1.82, 2.24) is 14.1 Å². The van der Waals surface area contributed by atoms with Gasteiger partial charge in [0.05, 0.1) is 12.4 Å². The van der Waals surface area contributed by atoms with Gasteiger partial charge in [-0.1, -0.05) is 54.6 Å². The summed E-state index contributed by atoms with van der Waals surface area (Å²) >= 11 is 0. The minimum absolute atomic E-state index is 0.0881. The molecule has 0 aliphatic carbocycles. The normalized spacial score (nSPS) is 18.6. The number of carboxylic acid groups (broad SMARTS) is 1. The van der Waals surface area contributed by atoms with E-state index in [-0.39, 0.29) is 18.7 Å². The largest absolute Gasteiger partial charge is 0.480 e. The van der Waals surface area contributed by atoms with Crippen LogP contribution in [0.1, 0.15) is 23.1 Å². The summed E-state index contributed by atoms with van der Waals surface area (Å²) in [5, 5.41) is 9.39. The monoisotopic (exact) mass is 445 g/mol. The molecule has 1 saturated heterocycles. The Hall–Kier alpha value is -2.26. The number of hydrogen-bond donors (Lipinski definition) is 1. The number of carbonyl (C=O) groups is 1. The van der Waals surface area contributed by atoms with Gasteiger partial charge in [-0.2, -0.15) is 4.31 Å². The molecule has 1 aliphatic heterocycles. The molecule has 2 aromatic carbocycles. The third kappa shape index (κ3) is 6.61. The molecule has 1 heterocycles. The Kier molecular flexibility index (Phi) is 7.83. The molecule has 1 atom stereocenters. The van der Waals surface area contributed by atoms with Gasteiger partial charge >= 0.3 is 5.97 Å². The highest BCUT2D eigenvalue weighted by atomic mass is 32.2. The van der Waals surface area contributed by atoms with Gasteiger partial charge in [0.1, 0.15) is 6.04 Å². The van der Waals surface area contributed by atoms with E-state index < -0.39 is 22.0 Å². The summed E-state index contributed by atoms with van der Waals surface area (Å²) in [7, 11) is 0.541. The topological polar surface area (TPSA) is 81.2 Å². The van der Waals surface area contributed by atoms with Gasteiger partial charge in [-0.05, 0) is 43.6 Å². The highest BCUT2D eigenvalue weighted by Crippen LogP contribution is 2.24. The van der Waals surface area contributed by atoms with Gasteiger partial charge in [0.15, 0.2) is 0 Å². The van der Waals surface area contributed by atoms with Crippen LogP contribution in [-0.2, 0) is 34.3 Å². The van der Waals surface area contributed by atoms with Crippen molar-refractivity contribution >= 4 is 16.0 Å². The number of carboxylic acids is 1. The molecule has 0 unspecified atom stereocenters. The summed E-state index contributed by atoms with van der Waals surface area (Å²) in [6, 6.07) is 17.2. The molecule has 0 aromatic heterocycles. The molecule has 0 radical (unpaired) electrons. The SMILES string of the molecule is CN(C)CN(CCc1ccccc1)Cc1cccc(CN2[C@H](C(=O)O)CCS2(=O)=O)c1. The first-order valence-corrected chi connectivity index (χ1v) is 12.1. The molecule has 0 saturated carbocycles. The quantitative estimate of drug-likeness (QED) is 0.565. The van der Waals surface area contributed by atoms with E-state index in [2.05, 4.69) is 21.9 Å². The molecule has 1 aliphatic rings. The van der Waals surface area contributed by atoms with Crippen LogP contribution in [0, 0.1) is 0 Å². The Balaban J connectivity index is 1.70. The Labute approximate surface area is 184 Å². The maximum absolute atomic E-state index is 12.3. The van der Waals surface area contributed by atoms with Crippen LogP contribution >= 0.6 is 0 Å². The van der Waals surface area contributed by atoms with Crippen molar-refractivity contribution in [3.8, 4) is 0 Å². The summed E-state index contributed by atoms with van der Waals surface area (Å²) in [4.78, 5) is 16.0. The van der Waals surface area contributed by atoms with E-state index in [9.17, 15) is 18.3 Å². The standard InChI is InChI=1S/C23H31N3O4S/c1-24(2)18-25(13-11-19-7-4-3-5-8-19)16-20-9-6-10-21(15-20)17-26-22(23(27)28)12-14-31(26,29)30/h3-10,15,22H,11-14,16-18H2,1-2H3,(H,27,28)/t22-/m0/s1. The second-order valence-electron chi connectivity index (χ2n) is 8.33. The molecule has 3 rings (SSSR count). The fourth-order valence-corrected chi connectivity index (χ4v) is 5.65. The van der Waals surface area contributed by atoms with Crippen LogP contribution in [0.4, 0.5) is 0 Å². The first-order valence-electron chi connectivity index (χ1n) is 10.5. The number of aliphatic carboxylic acids is 1. The molecular formula is C23H31N3O4S. The molecule has 0 spiro atoms. The van der Waals surface area contributed by atoms with E-state index >= 15 is 0 Å². The van der Waals surface area contributed by atoms with Crippen molar-refractivity contribution in [2.75, 3.05) is 33.1 Å². The summed E-state index contributed by atoms with van der Waals surface area (Å²) < 4.78 is 25.8. The minimum atomic E-state index is -3.54.